The first kappa shape index (κ1) is 21.1. The van der Waals surface area contributed by atoms with Crippen molar-refractivity contribution in [2.24, 2.45) is 0 Å². The SMILES string of the molecule is CN(C)CCc1ccc(-c2ccc(C(O)CCCCC(=O)NO)cc2)cc1. The molecule has 0 spiro atoms. The zero-order valence-corrected chi connectivity index (χ0v) is 16.2. The Kier molecular flexibility index (Phi) is 8.45. The van der Waals surface area contributed by atoms with E-state index in [2.05, 4.69) is 43.3 Å². The fraction of sp³-hybridized carbons (Fsp3) is 0.409. The lowest BCUT2D eigenvalue weighted by Gasteiger charge is -2.12. The number of nitrogens with one attached hydrogen (secondary N) is 1. The number of hydroxylamine groups is 1. The molecule has 2 aromatic carbocycles. The molecule has 0 radical (unpaired) electrons. The van der Waals surface area contributed by atoms with Gasteiger partial charge in [-0.1, -0.05) is 55.0 Å². The molecule has 0 aliphatic heterocycles. The van der Waals surface area contributed by atoms with Crippen molar-refractivity contribution in [3.8, 4) is 11.1 Å². The average molecular weight is 370 g/mol. The molecular formula is C22H30N2O3. The van der Waals surface area contributed by atoms with E-state index in [9.17, 15) is 9.90 Å². The highest BCUT2D eigenvalue weighted by molar-refractivity contribution is 5.74. The van der Waals surface area contributed by atoms with Gasteiger partial charge < -0.3 is 10.0 Å². The normalized spacial score (nSPS) is 12.2. The summed E-state index contributed by atoms with van der Waals surface area (Å²) in [5, 5.41) is 18.7. The third-order valence-electron chi connectivity index (χ3n) is 4.69. The minimum absolute atomic E-state index is 0.271. The molecule has 1 unspecified atom stereocenters. The Morgan fingerprint density at radius 2 is 1.59 bits per heavy atom. The Bertz CT molecular complexity index is 697. The van der Waals surface area contributed by atoms with Crippen molar-refractivity contribution in [3.05, 3.63) is 59.7 Å². The zero-order valence-electron chi connectivity index (χ0n) is 16.2. The molecule has 1 atom stereocenters. The highest BCUT2D eigenvalue weighted by Crippen LogP contribution is 2.25. The Hall–Kier alpha value is -2.21. The van der Waals surface area contributed by atoms with E-state index in [0.717, 1.165) is 30.5 Å². The molecule has 0 aliphatic carbocycles. The molecule has 5 nitrogen and oxygen atoms in total. The molecule has 1 amide bonds. The van der Waals surface area contributed by atoms with Gasteiger partial charge in [0.25, 0.3) is 0 Å². The van der Waals surface area contributed by atoms with Crippen LogP contribution in [-0.4, -0.2) is 41.8 Å². The first-order chi connectivity index (χ1) is 13.0. The molecule has 0 heterocycles. The highest BCUT2D eigenvalue weighted by atomic mass is 16.5. The molecule has 27 heavy (non-hydrogen) atoms. The summed E-state index contributed by atoms with van der Waals surface area (Å²) in [4.78, 5) is 13.1. The van der Waals surface area contributed by atoms with E-state index < -0.39 is 6.10 Å². The summed E-state index contributed by atoms with van der Waals surface area (Å²) in [7, 11) is 4.16. The molecule has 0 saturated heterocycles. The number of rotatable bonds is 10. The van der Waals surface area contributed by atoms with Crippen molar-refractivity contribution < 1.29 is 15.1 Å². The average Bonchev–Trinajstić information content (AvgIpc) is 2.69. The van der Waals surface area contributed by atoms with Gasteiger partial charge in [0.2, 0.25) is 5.91 Å². The number of nitrogens with zero attached hydrogens (tertiary/aromatic N) is 1. The summed E-state index contributed by atoms with van der Waals surface area (Å²) >= 11 is 0. The molecule has 5 heteroatoms. The molecule has 2 aromatic rings. The predicted molar refractivity (Wildman–Crippen MR) is 107 cm³/mol. The van der Waals surface area contributed by atoms with Gasteiger partial charge >= 0.3 is 0 Å². The number of amides is 1. The van der Waals surface area contributed by atoms with Crippen LogP contribution in [0.5, 0.6) is 0 Å². The van der Waals surface area contributed by atoms with Crippen LogP contribution in [0.1, 0.15) is 42.9 Å². The first-order valence-corrected chi connectivity index (χ1v) is 9.44. The Balaban J connectivity index is 1.87. The van der Waals surface area contributed by atoms with E-state index >= 15 is 0 Å². The molecule has 0 bridgehead atoms. The summed E-state index contributed by atoms with van der Waals surface area (Å²) in [6, 6.07) is 16.6. The van der Waals surface area contributed by atoms with Crippen molar-refractivity contribution in [1.29, 1.82) is 0 Å². The van der Waals surface area contributed by atoms with Crippen molar-refractivity contribution in [2.45, 2.75) is 38.2 Å². The standard InChI is InChI=1S/C22H30N2O3/c1-24(2)16-15-17-7-9-18(10-8-17)19-11-13-20(14-12-19)21(25)5-3-4-6-22(26)23-27/h7-14,21,25,27H,3-6,15-16H2,1-2H3,(H,23,26). The van der Waals surface area contributed by atoms with Crippen LogP contribution < -0.4 is 5.48 Å². The lowest BCUT2D eigenvalue weighted by molar-refractivity contribution is -0.129. The smallest absolute Gasteiger partial charge is 0.243 e. The molecule has 2 rings (SSSR count). The van der Waals surface area contributed by atoms with Crippen LogP contribution in [0, 0.1) is 0 Å². The highest BCUT2D eigenvalue weighted by Gasteiger charge is 2.08. The molecule has 3 N–H and O–H groups in total. The van der Waals surface area contributed by atoms with E-state index in [1.165, 1.54) is 11.1 Å². The molecule has 0 aliphatic rings. The van der Waals surface area contributed by atoms with Gasteiger partial charge in [0.05, 0.1) is 6.10 Å². The van der Waals surface area contributed by atoms with Crippen LogP contribution in [0.3, 0.4) is 0 Å². The van der Waals surface area contributed by atoms with Gasteiger partial charge in [-0.05, 0) is 55.6 Å². The van der Waals surface area contributed by atoms with E-state index in [0.29, 0.717) is 12.8 Å². The number of carbonyl (C=O) groups is 1. The summed E-state index contributed by atoms with van der Waals surface area (Å²) in [6.07, 6.45) is 2.74. The minimum Gasteiger partial charge on any atom is -0.388 e. The van der Waals surface area contributed by atoms with Gasteiger partial charge in [-0.2, -0.15) is 0 Å². The van der Waals surface area contributed by atoms with Crippen LogP contribution in [0.15, 0.2) is 48.5 Å². The maximum Gasteiger partial charge on any atom is 0.243 e. The number of unbranched alkanes of at least 4 members (excludes halogenated alkanes) is 1. The van der Waals surface area contributed by atoms with Gasteiger partial charge in [-0.3, -0.25) is 10.0 Å². The second-order valence-corrected chi connectivity index (χ2v) is 7.17. The number of carbonyl (C=O) groups excluding carboxylic acids is 1. The summed E-state index contributed by atoms with van der Waals surface area (Å²) in [5.74, 6) is -0.387. The molecule has 0 aromatic heterocycles. The van der Waals surface area contributed by atoms with Crippen LogP contribution in [-0.2, 0) is 11.2 Å². The summed E-state index contributed by atoms with van der Waals surface area (Å²) in [6.45, 7) is 1.04. The minimum atomic E-state index is -0.537. The second kappa shape index (κ2) is 10.8. The van der Waals surface area contributed by atoms with E-state index in [1.807, 2.05) is 24.3 Å². The number of benzene rings is 2. The first-order valence-electron chi connectivity index (χ1n) is 9.44. The van der Waals surface area contributed by atoms with E-state index in [1.54, 1.807) is 5.48 Å². The van der Waals surface area contributed by atoms with E-state index in [-0.39, 0.29) is 12.3 Å². The Labute approximate surface area is 161 Å². The molecule has 146 valence electrons. The topological polar surface area (TPSA) is 72.8 Å². The van der Waals surface area contributed by atoms with Crippen molar-refractivity contribution >= 4 is 5.91 Å². The van der Waals surface area contributed by atoms with Crippen molar-refractivity contribution in [1.82, 2.24) is 10.4 Å². The summed E-state index contributed by atoms with van der Waals surface area (Å²) < 4.78 is 0. The van der Waals surface area contributed by atoms with Crippen LogP contribution in [0.25, 0.3) is 11.1 Å². The van der Waals surface area contributed by atoms with Gasteiger partial charge in [0.1, 0.15) is 0 Å². The zero-order chi connectivity index (χ0) is 19.6. The number of hydrogen-bond acceptors (Lipinski definition) is 4. The third-order valence-corrected chi connectivity index (χ3v) is 4.69. The molecular weight excluding hydrogens is 340 g/mol. The third kappa shape index (κ3) is 7.13. The quantitative estimate of drug-likeness (QED) is 0.340. The fourth-order valence-electron chi connectivity index (χ4n) is 2.96. The Morgan fingerprint density at radius 1 is 1.00 bits per heavy atom. The van der Waals surface area contributed by atoms with Crippen LogP contribution >= 0.6 is 0 Å². The van der Waals surface area contributed by atoms with Crippen molar-refractivity contribution in [2.75, 3.05) is 20.6 Å². The van der Waals surface area contributed by atoms with Crippen LogP contribution in [0.2, 0.25) is 0 Å². The number of aliphatic hydroxyl groups excluding tert-OH is 1. The predicted octanol–water partition coefficient (Wildman–Crippen LogP) is 3.56. The molecule has 0 fully saturated rings. The fourth-order valence-corrected chi connectivity index (χ4v) is 2.96. The van der Waals surface area contributed by atoms with Gasteiger partial charge in [-0.15, -0.1) is 0 Å². The largest absolute Gasteiger partial charge is 0.388 e. The monoisotopic (exact) mass is 370 g/mol. The van der Waals surface area contributed by atoms with Gasteiger partial charge in [0.15, 0.2) is 0 Å². The van der Waals surface area contributed by atoms with Gasteiger partial charge in [-0.25, -0.2) is 5.48 Å². The molecule has 0 saturated carbocycles. The number of likely N-dealkylation sites (N-methyl/N-ethyl adjacent to an activating group) is 1. The van der Waals surface area contributed by atoms with Crippen molar-refractivity contribution in [3.63, 3.8) is 0 Å². The summed E-state index contributed by atoms with van der Waals surface area (Å²) in [5.41, 5.74) is 6.12. The number of hydrogen-bond donors (Lipinski definition) is 3. The Morgan fingerprint density at radius 3 is 2.15 bits per heavy atom. The van der Waals surface area contributed by atoms with Crippen LogP contribution in [0.4, 0.5) is 0 Å². The van der Waals surface area contributed by atoms with Gasteiger partial charge in [0, 0.05) is 13.0 Å². The maximum atomic E-state index is 11.0. The lowest BCUT2D eigenvalue weighted by atomic mass is 9.98. The number of aliphatic hydroxyl groups is 1. The van der Waals surface area contributed by atoms with E-state index in [4.69, 9.17) is 5.21 Å². The lowest BCUT2D eigenvalue weighted by Crippen LogP contribution is -2.17. The second-order valence-electron chi connectivity index (χ2n) is 7.17. The maximum absolute atomic E-state index is 11.0.